The van der Waals surface area contributed by atoms with Crippen molar-refractivity contribution in [3.05, 3.63) is 45.2 Å². The number of benzene rings is 1. The molecule has 1 heterocycles. The van der Waals surface area contributed by atoms with Crippen LogP contribution in [-0.4, -0.2) is 9.78 Å². The van der Waals surface area contributed by atoms with E-state index in [0.717, 1.165) is 23.4 Å². The van der Waals surface area contributed by atoms with Crippen LogP contribution in [0.15, 0.2) is 18.2 Å². The van der Waals surface area contributed by atoms with E-state index in [2.05, 4.69) is 5.10 Å². The Morgan fingerprint density at radius 2 is 2.05 bits per heavy atom. The van der Waals surface area contributed by atoms with E-state index in [0.29, 0.717) is 28.3 Å². The van der Waals surface area contributed by atoms with Crippen LogP contribution in [0, 0.1) is 0 Å². The van der Waals surface area contributed by atoms with Gasteiger partial charge in [-0.1, -0.05) is 42.3 Å². The molecule has 0 fully saturated rings. The fourth-order valence-corrected chi connectivity index (χ4v) is 2.74. The van der Waals surface area contributed by atoms with Gasteiger partial charge < -0.3 is 4.74 Å². The van der Waals surface area contributed by atoms with Gasteiger partial charge in [-0.25, -0.2) is 0 Å². The Hall–Kier alpha value is -0.900. The third-order valence-electron chi connectivity index (χ3n) is 3.05. The first-order valence-electron chi connectivity index (χ1n) is 6.24. The van der Waals surface area contributed by atoms with Crippen LogP contribution < -0.4 is 4.74 Å². The molecule has 0 aliphatic heterocycles. The van der Waals surface area contributed by atoms with Gasteiger partial charge in [0.05, 0.1) is 27.3 Å². The summed E-state index contributed by atoms with van der Waals surface area (Å²) in [6.07, 6.45) is 0.783. The van der Waals surface area contributed by atoms with E-state index < -0.39 is 0 Å². The maximum atomic E-state index is 6.29. The Bertz CT molecular complexity index is 611. The van der Waals surface area contributed by atoms with Crippen molar-refractivity contribution in [1.82, 2.24) is 9.78 Å². The molecule has 0 radical (unpaired) electrons. The summed E-state index contributed by atoms with van der Waals surface area (Å²) >= 11 is 18.3. The molecule has 6 heteroatoms. The molecule has 0 amide bonds. The van der Waals surface area contributed by atoms with Crippen LogP contribution in [0.4, 0.5) is 0 Å². The first kappa shape index (κ1) is 15.5. The molecule has 0 saturated heterocycles. The van der Waals surface area contributed by atoms with Crippen LogP contribution in [0.3, 0.4) is 0 Å². The monoisotopic (exact) mass is 332 g/mol. The molecule has 0 unspecified atom stereocenters. The minimum atomic E-state index is 0.302. The van der Waals surface area contributed by atoms with Crippen molar-refractivity contribution in [2.75, 3.05) is 0 Å². The zero-order valence-corrected chi connectivity index (χ0v) is 13.6. The third kappa shape index (κ3) is 3.05. The lowest BCUT2D eigenvalue weighted by molar-refractivity contribution is 0.293. The molecule has 1 aromatic carbocycles. The summed E-state index contributed by atoms with van der Waals surface area (Å²) in [5.41, 5.74) is 2.54. The molecule has 2 aromatic rings. The summed E-state index contributed by atoms with van der Waals surface area (Å²) in [4.78, 5) is 0. The molecule has 20 heavy (non-hydrogen) atoms. The number of ether oxygens (including phenoxy) is 1. The number of alkyl halides is 1. The highest BCUT2D eigenvalue weighted by Crippen LogP contribution is 2.31. The molecule has 0 bridgehead atoms. The molecule has 0 spiro atoms. The molecular weight excluding hydrogens is 319 g/mol. The first-order valence-corrected chi connectivity index (χ1v) is 7.53. The van der Waals surface area contributed by atoms with Gasteiger partial charge in [-0.2, -0.15) is 5.10 Å². The second-order valence-corrected chi connectivity index (χ2v) is 5.39. The quantitative estimate of drug-likeness (QED) is 0.747. The maximum Gasteiger partial charge on any atom is 0.142 e. The highest BCUT2D eigenvalue weighted by molar-refractivity contribution is 6.32. The number of rotatable bonds is 5. The molecule has 0 aliphatic carbocycles. The minimum Gasteiger partial charge on any atom is -0.485 e. The molecule has 108 valence electrons. The zero-order valence-electron chi connectivity index (χ0n) is 11.3. The SMILES string of the molecule is CCc1nn(C)c(COc2c(Cl)cccc2CCl)c1Cl. The van der Waals surface area contributed by atoms with Crippen molar-refractivity contribution in [3.63, 3.8) is 0 Å². The molecule has 0 saturated carbocycles. The van der Waals surface area contributed by atoms with Gasteiger partial charge in [0, 0.05) is 12.6 Å². The standard InChI is InChI=1S/C14H15Cl3N2O/c1-3-11-13(17)12(19(2)18-11)8-20-14-9(7-15)5-4-6-10(14)16/h4-6H,3,7-8H2,1-2H3. The van der Waals surface area contributed by atoms with Crippen LogP contribution >= 0.6 is 34.8 Å². The number of para-hydroxylation sites is 1. The van der Waals surface area contributed by atoms with Gasteiger partial charge in [0.15, 0.2) is 0 Å². The molecule has 2 rings (SSSR count). The Kier molecular flexibility index (Phi) is 5.19. The smallest absolute Gasteiger partial charge is 0.142 e. The number of aryl methyl sites for hydroxylation is 2. The van der Waals surface area contributed by atoms with E-state index in [1.165, 1.54) is 0 Å². The molecule has 3 nitrogen and oxygen atoms in total. The van der Waals surface area contributed by atoms with Crippen molar-refractivity contribution in [1.29, 1.82) is 0 Å². The average Bonchev–Trinajstić information content (AvgIpc) is 2.72. The molecule has 0 N–H and O–H groups in total. The Morgan fingerprint density at radius 1 is 1.30 bits per heavy atom. The fraction of sp³-hybridized carbons (Fsp3) is 0.357. The summed E-state index contributed by atoms with van der Waals surface area (Å²) in [5, 5.41) is 5.54. The third-order valence-corrected chi connectivity index (χ3v) is 4.07. The van der Waals surface area contributed by atoms with Crippen molar-refractivity contribution < 1.29 is 4.74 Å². The summed E-state index contributed by atoms with van der Waals surface area (Å²) < 4.78 is 7.54. The number of hydrogen-bond donors (Lipinski definition) is 0. The first-order chi connectivity index (χ1) is 9.58. The zero-order chi connectivity index (χ0) is 14.7. The van der Waals surface area contributed by atoms with Crippen LogP contribution in [0.2, 0.25) is 10.0 Å². The number of halogens is 3. The molecule has 0 aliphatic rings. The Balaban J connectivity index is 2.23. The lowest BCUT2D eigenvalue weighted by Gasteiger charge is -2.12. The number of nitrogens with zero attached hydrogens (tertiary/aromatic N) is 2. The largest absolute Gasteiger partial charge is 0.485 e. The van der Waals surface area contributed by atoms with Crippen LogP contribution in [0.1, 0.15) is 23.9 Å². The van der Waals surface area contributed by atoms with E-state index in [4.69, 9.17) is 39.5 Å². The maximum absolute atomic E-state index is 6.29. The van der Waals surface area contributed by atoms with E-state index in [9.17, 15) is 0 Å². The molecule has 1 aromatic heterocycles. The Morgan fingerprint density at radius 3 is 2.65 bits per heavy atom. The van der Waals surface area contributed by atoms with Crippen molar-refractivity contribution in [2.24, 2.45) is 7.05 Å². The summed E-state index contributed by atoms with van der Waals surface area (Å²) in [7, 11) is 1.85. The van der Waals surface area contributed by atoms with E-state index in [1.807, 2.05) is 26.1 Å². The average molecular weight is 334 g/mol. The number of aromatic nitrogens is 2. The van der Waals surface area contributed by atoms with Gasteiger partial charge in [-0.3, -0.25) is 4.68 Å². The van der Waals surface area contributed by atoms with Gasteiger partial charge >= 0.3 is 0 Å². The van der Waals surface area contributed by atoms with Crippen LogP contribution in [0.5, 0.6) is 5.75 Å². The van der Waals surface area contributed by atoms with Gasteiger partial charge in [0.25, 0.3) is 0 Å². The molecule has 0 atom stereocenters. The van der Waals surface area contributed by atoms with Crippen LogP contribution in [0.25, 0.3) is 0 Å². The summed E-state index contributed by atoms with van der Waals surface area (Å²) in [6, 6.07) is 5.50. The van der Waals surface area contributed by atoms with Gasteiger partial charge in [-0.05, 0) is 12.5 Å². The minimum absolute atomic E-state index is 0.302. The Labute approximate surface area is 133 Å². The van der Waals surface area contributed by atoms with E-state index in [-0.39, 0.29) is 0 Å². The lowest BCUT2D eigenvalue weighted by Crippen LogP contribution is -2.05. The fourth-order valence-electron chi connectivity index (χ4n) is 1.94. The predicted molar refractivity (Wildman–Crippen MR) is 82.9 cm³/mol. The van der Waals surface area contributed by atoms with Crippen molar-refractivity contribution in [3.8, 4) is 5.75 Å². The van der Waals surface area contributed by atoms with E-state index in [1.54, 1.807) is 10.7 Å². The summed E-state index contributed by atoms with van der Waals surface area (Å²) in [6.45, 7) is 2.31. The van der Waals surface area contributed by atoms with Crippen LogP contribution in [-0.2, 0) is 26.0 Å². The second kappa shape index (κ2) is 6.70. The highest BCUT2D eigenvalue weighted by atomic mass is 35.5. The molecular formula is C14H15Cl3N2O. The van der Waals surface area contributed by atoms with Gasteiger partial charge in [0.2, 0.25) is 0 Å². The topological polar surface area (TPSA) is 27.1 Å². The normalized spacial score (nSPS) is 10.8. The number of hydrogen-bond acceptors (Lipinski definition) is 2. The van der Waals surface area contributed by atoms with Gasteiger partial charge in [-0.15, -0.1) is 11.6 Å². The van der Waals surface area contributed by atoms with Crippen molar-refractivity contribution in [2.45, 2.75) is 25.8 Å². The van der Waals surface area contributed by atoms with Crippen molar-refractivity contribution >= 4 is 34.8 Å². The van der Waals surface area contributed by atoms with Gasteiger partial charge in [0.1, 0.15) is 12.4 Å². The predicted octanol–water partition coefficient (Wildman–Crippen LogP) is 4.61. The van der Waals surface area contributed by atoms with E-state index >= 15 is 0 Å². The highest BCUT2D eigenvalue weighted by Gasteiger charge is 2.15. The second-order valence-electron chi connectivity index (χ2n) is 4.33. The lowest BCUT2D eigenvalue weighted by atomic mass is 10.2. The summed E-state index contributed by atoms with van der Waals surface area (Å²) in [5.74, 6) is 0.939.